The van der Waals surface area contributed by atoms with E-state index in [0.717, 1.165) is 33.6 Å². The zero-order chi connectivity index (χ0) is 23.4. The number of rotatable bonds is 7. The molecule has 0 fully saturated rings. The normalized spacial score (nSPS) is 14.4. The summed E-state index contributed by atoms with van der Waals surface area (Å²) in [6.45, 7) is 2.01. The van der Waals surface area contributed by atoms with E-state index in [4.69, 9.17) is 18.9 Å². The lowest BCUT2D eigenvalue weighted by atomic mass is 9.94. The maximum atomic E-state index is 12.0. The van der Waals surface area contributed by atoms with Gasteiger partial charge in [0, 0.05) is 12.5 Å². The van der Waals surface area contributed by atoms with Gasteiger partial charge in [-0.1, -0.05) is 36.4 Å². The molecule has 0 spiro atoms. The van der Waals surface area contributed by atoms with Crippen LogP contribution in [-0.2, 0) is 17.8 Å². The zero-order valence-electron chi connectivity index (χ0n) is 19.4. The van der Waals surface area contributed by atoms with Crippen LogP contribution in [0, 0.1) is 0 Å². The van der Waals surface area contributed by atoms with Crippen LogP contribution in [0.1, 0.15) is 36.1 Å². The minimum Gasteiger partial charge on any atom is -0.493 e. The molecule has 0 saturated heterocycles. The van der Waals surface area contributed by atoms with Crippen molar-refractivity contribution in [3.05, 3.63) is 71.3 Å². The molecule has 0 radical (unpaired) electrons. The Morgan fingerprint density at radius 3 is 2.36 bits per heavy atom. The second-order valence-corrected chi connectivity index (χ2v) is 7.99. The molecule has 1 atom stereocenters. The second kappa shape index (κ2) is 9.86. The summed E-state index contributed by atoms with van der Waals surface area (Å²) in [5.74, 6) is 2.51. The maximum absolute atomic E-state index is 12.0. The third kappa shape index (κ3) is 4.60. The molecule has 1 amide bonds. The topological polar surface area (TPSA) is 66.0 Å². The summed E-state index contributed by atoms with van der Waals surface area (Å²) in [6, 6.07) is 17.9. The van der Waals surface area contributed by atoms with E-state index >= 15 is 0 Å². The maximum Gasteiger partial charge on any atom is 0.217 e. The standard InChI is InChI=1S/C27H29NO5/c1-17(29)28-24-13-12-21-22(15-25(30-2)27(32-4)26(21)31-3)20-11-10-19(14-23(20)24)33-16-18-8-6-5-7-9-18/h5-11,14-15,24H,12-13,16H2,1-4H3,(H,28,29)/t24-/m0/s1. The molecule has 6 nitrogen and oxygen atoms in total. The lowest BCUT2D eigenvalue weighted by Crippen LogP contribution is -2.26. The Labute approximate surface area is 194 Å². The summed E-state index contributed by atoms with van der Waals surface area (Å²) < 4.78 is 23.0. The summed E-state index contributed by atoms with van der Waals surface area (Å²) in [5.41, 5.74) is 5.14. The number of carbonyl (C=O) groups excluding carboxylic acids is 1. The second-order valence-electron chi connectivity index (χ2n) is 7.99. The minimum absolute atomic E-state index is 0.0744. The summed E-state index contributed by atoms with van der Waals surface area (Å²) in [5, 5.41) is 3.11. The molecule has 1 aliphatic carbocycles. The molecule has 0 unspecified atom stereocenters. The van der Waals surface area contributed by atoms with Crippen LogP contribution >= 0.6 is 0 Å². The van der Waals surface area contributed by atoms with Crippen LogP contribution in [0.2, 0.25) is 0 Å². The fourth-order valence-electron chi connectivity index (χ4n) is 4.45. The number of carbonyl (C=O) groups is 1. The smallest absolute Gasteiger partial charge is 0.217 e. The molecule has 1 N–H and O–H groups in total. The first-order valence-electron chi connectivity index (χ1n) is 11.0. The third-order valence-corrected chi connectivity index (χ3v) is 5.93. The first-order valence-corrected chi connectivity index (χ1v) is 11.0. The fraction of sp³-hybridized carbons (Fsp3) is 0.296. The van der Waals surface area contributed by atoms with Gasteiger partial charge in [-0.25, -0.2) is 0 Å². The average Bonchev–Trinajstić information content (AvgIpc) is 2.98. The van der Waals surface area contributed by atoms with Crippen molar-refractivity contribution in [2.24, 2.45) is 0 Å². The quantitative estimate of drug-likeness (QED) is 0.547. The van der Waals surface area contributed by atoms with Gasteiger partial charge in [0.25, 0.3) is 0 Å². The Morgan fingerprint density at radius 2 is 1.70 bits per heavy atom. The van der Waals surface area contributed by atoms with Gasteiger partial charge in [-0.15, -0.1) is 0 Å². The van der Waals surface area contributed by atoms with Crippen molar-refractivity contribution in [1.29, 1.82) is 0 Å². The zero-order valence-corrected chi connectivity index (χ0v) is 19.4. The summed E-state index contributed by atoms with van der Waals surface area (Å²) in [6.07, 6.45) is 1.42. The largest absolute Gasteiger partial charge is 0.493 e. The van der Waals surface area contributed by atoms with E-state index in [0.29, 0.717) is 36.7 Å². The Balaban J connectivity index is 1.81. The summed E-state index contributed by atoms with van der Waals surface area (Å²) in [4.78, 5) is 12.0. The van der Waals surface area contributed by atoms with Crippen molar-refractivity contribution in [3.8, 4) is 34.1 Å². The van der Waals surface area contributed by atoms with Crippen LogP contribution in [0.15, 0.2) is 54.6 Å². The summed E-state index contributed by atoms with van der Waals surface area (Å²) in [7, 11) is 4.85. The molecule has 6 heteroatoms. The number of nitrogens with one attached hydrogen (secondary N) is 1. The van der Waals surface area contributed by atoms with Crippen molar-refractivity contribution in [2.45, 2.75) is 32.4 Å². The first-order chi connectivity index (χ1) is 16.0. The van der Waals surface area contributed by atoms with Gasteiger partial charge < -0.3 is 24.3 Å². The van der Waals surface area contributed by atoms with Crippen LogP contribution < -0.4 is 24.3 Å². The van der Waals surface area contributed by atoms with Crippen LogP contribution in [0.4, 0.5) is 0 Å². The van der Waals surface area contributed by atoms with Gasteiger partial charge in [-0.2, -0.15) is 0 Å². The molecule has 172 valence electrons. The number of hydrogen-bond acceptors (Lipinski definition) is 5. The molecule has 0 saturated carbocycles. The van der Waals surface area contributed by atoms with Crippen molar-refractivity contribution in [3.63, 3.8) is 0 Å². The van der Waals surface area contributed by atoms with Gasteiger partial charge in [0.1, 0.15) is 12.4 Å². The molecule has 0 bridgehead atoms. The van der Waals surface area contributed by atoms with E-state index in [2.05, 4.69) is 5.32 Å². The van der Waals surface area contributed by atoms with E-state index in [1.54, 1.807) is 28.3 Å². The third-order valence-electron chi connectivity index (χ3n) is 5.93. The van der Waals surface area contributed by atoms with Crippen molar-refractivity contribution < 1.29 is 23.7 Å². The van der Waals surface area contributed by atoms with Crippen LogP contribution in [0.5, 0.6) is 23.0 Å². The van der Waals surface area contributed by atoms with Gasteiger partial charge in [0.05, 0.1) is 27.4 Å². The Morgan fingerprint density at radius 1 is 0.939 bits per heavy atom. The first kappa shape index (κ1) is 22.5. The number of hydrogen-bond donors (Lipinski definition) is 1. The van der Waals surface area contributed by atoms with Gasteiger partial charge in [0.15, 0.2) is 11.5 Å². The molecule has 33 heavy (non-hydrogen) atoms. The van der Waals surface area contributed by atoms with E-state index in [1.165, 1.54) is 0 Å². The van der Waals surface area contributed by atoms with Crippen LogP contribution in [-0.4, -0.2) is 27.2 Å². The van der Waals surface area contributed by atoms with Crippen LogP contribution in [0.25, 0.3) is 11.1 Å². The van der Waals surface area contributed by atoms with E-state index < -0.39 is 0 Å². The lowest BCUT2D eigenvalue weighted by Gasteiger charge is -2.20. The highest BCUT2D eigenvalue weighted by atomic mass is 16.5. The van der Waals surface area contributed by atoms with E-state index in [-0.39, 0.29) is 11.9 Å². The van der Waals surface area contributed by atoms with Gasteiger partial charge in [0.2, 0.25) is 11.7 Å². The van der Waals surface area contributed by atoms with Gasteiger partial charge in [-0.3, -0.25) is 4.79 Å². The number of fused-ring (bicyclic) bond motifs is 3. The predicted molar refractivity (Wildman–Crippen MR) is 127 cm³/mol. The highest BCUT2D eigenvalue weighted by molar-refractivity contribution is 5.81. The monoisotopic (exact) mass is 447 g/mol. The number of benzene rings is 3. The molecule has 4 rings (SSSR count). The SMILES string of the molecule is COc1cc2c(c(OC)c1OC)CC[C@H](NC(C)=O)c1cc(OCc3ccccc3)ccc1-2. The highest BCUT2D eigenvalue weighted by Gasteiger charge is 2.29. The molecule has 0 heterocycles. The Kier molecular flexibility index (Phi) is 6.73. The Bertz CT molecular complexity index is 1140. The predicted octanol–water partition coefficient (Wildman–Crippen LogP) is 5.08. The molecule has 0 aromatic heterocycles. The van der Waals surface area contributed by atoms with Gasteiger partial charge >= 0.3 is 0 Å². The Hall–Kier alpha value is -3.67. The molecule has 1 aliphatic rings. The lowest BCUT2D eigenvalue weighted by molar-refractivity contribution is -0.119. The minimum atomic E-state index is -0.160. The van der Waals surface area contributed by atoms with Crippen LogP contribution in [0.3, 0.4) is 0 Å². The van der Waals surface area contributed by atoms with E-state index in [1.807, 2.05) is 54.6 Å². The molecule has 0 aliphatic heterocycles. The summed E-state index contributed by atoms with van der Waals surface area (Å²) >= 11 is 0. The molecule has 3 aromatic rings. The molecule has 3 aromatic carbocycles. The number of methoxy groups -OCH3 is 3. The number of amides is 1. The average molecular weight is 448 g/mol. The highest BCUT2D eigenvalue weighted by Crippen LogP contribution is 2.49. The van der Waals surface area contributed by atoms with Crippen molar-refractivity contribution in [1.82, 2.24) is 5.32 Å². The number of ether oxygens (including phenoxy) is 4. The fourth-order valence-corrected chi connectivity index (χ4v) is 4.45. The molecular formula is C27H29NO5. The van der Waals surface area contributed by atoms with E-state index in [9.17, 15) is 4.79 Å². The van der Waals surface area contributed by atoms with Crippen molar-refractivity contribution >= 4 is 5.91 Å². The van der Waals surface area contributed by atoms with Gasteiger partial charge in [-0.05, 0) is 53.3 Å². The molecular weight excluding hydrogens is 418 g/mol. The van der Waals surface area contributed by atoms with Crippen molar-refractivity contribution in [2.75, 3.05) is 21.3 Å².